The maximum Gasteiger partial charge on any atom is 0.338 e. The van der Waals surface area contributed by atoms with Crippen molar-refractivity contribution >= 4 is 24.3 Å². The molecule has 0 aliphatic rings. The summed E-state index contributed by atoms with van der Waals surface area (Å²) in [5.74, 6) is 4.96. The van der Waals surface area contributed by atoms with Gasteiger partial charge in [0.25, 0.3) is 5.69 Å². The van der Waals surface area contributed by atoms with Crippen molar-refractivity contribution in [3.05, 3.63) is 39.4 Å². The molecule has 94 valence electrons. The first kappa shape index (κ1) is 14.1. The summed E-state index contributed by atoms with van der Waals surface area (Å²) < 4.78 is 4.77. The third-order valence-electron chi connectivity index (χ3n) is 2.01. The van der Waals surface area contributed by atoms with Gasteiger partial charge in [-0.2, -0.15) is 12.6 Å². The number of benzene rings is 1. The normalized spacial score (nSPS) is 9.22. The minimum Gasteiger partial charge on any atom is -0.462 e. The number of nitro benzene ring substituents is 1. The molecule has 0 N–H and O–H groups in total. The van der Waals surface area contributed by atoms with Gasteiger partial charge in [0, 0.05) is 6.07 Å². The molecule has 0 heterocycles. The number of rotatable bonds is 3. The van der Waals surface area contributed by atoms with Crippen LogP contribution in [0.2, 0.25) is 0 Å². The maximum absolute atomic E-state index is 11.5. The number of hydrogen-bond acceptors (Lipinski definition) is 5. The average molecular weight is 265 g/mol. The molecular formula is C12H11NO4S. The third-order valence-corrected chi connectivity index (χ3v) is 2.17. The first-order chi connectivity index (χ1) is 8.60. The van der Waals surface area contributed by atoms with Gasteiger partial charge in [0.05, 0.1) is 22.8 Å². The highest BCUT2D eigenvalue weighted by molar-refractivity contribution is 7.80. The van der Waals surface area contributed by atoms with E-state index in [-0.39, 0.29) is 23.4 Å². The van der Waals surface area contributed by atoms with Crippen molar-refractivity contribution in [1.29, 1.82) is 0 Å². The lowest BCUT2D eigenvalue weighted by molar-refractivity contribution is -0.385. The van der Waals surface area contributed by atoms with Gasteiger partial charge in [0.15, 0.2) is 0 Å². The molecule has 0 aromatic heterocycles. The average Bonchev–Trinajstić information content (AvgIpc) is 2.36. The Morgan fingerprint density at radius 2 is 2.28 bits per heavy atom. The number of thiol groups is 1. The molecule has 0 radical (unpaired) electrons. The fourth-order valence-corrected chi connectivity index (χ4v) is 1.34. The Morgan fingerprint density at radius 1 is 1.56 bits per heavy atom. The highest BCUT2D eigenvalue weighted by Gasteiger charge is 2.16. The maximum atomic E-state index is 11.5. The van der Waals surface area contributed by atoms with Gasteiger partial charge in [-0.15, -0.1) is 0 Å². The first-order valence-corrected chi connectivity index (χ1v) is 5.78. The van der Waals surface area contributed by atoms with Gasteiger partial charge in [0.2, 0.25) is 0 Å². The molecule has 0 aliphatic carbocycles. The lowest BCUT2D eigenvalue weighted by Gasteiger charge is -2.02. The number of carbonyl (C=O) groups is 1. The van der Waals surface area contributed by atoms with Crippen LogP contribution < -0.4 is 0 Å². The highest BCUT2D eigenvalue weighted by Crippen LogP contribution is 2.20. The number of hydrogen-bond donors (Lipinski definition) is 1. The number of ether oxygens (including phenoxy) is 1. The molecule has 0 aliphatic heterocycles. The molecule has 5 nitrogen and oxygen atoms in total. The van der Waals surface area contributed by atoms with E-state index in [1.807, 2.05) is 0 Å². The van der Waals surface area contributed by atoms with Crippen molar-refractivity contribution in [1.82, 2.24) is 0 Å². The van der Waals surface area contributed by atoms with Gasteiger partial charge in [-0.3, -0.25) is 10.1 Å². The van der Waals surface area contributed by atoms with E-state index in [0.29, 0.717) is 5.75 Å². The molecule has 0 spiro atoms. The molecule has 0 saturated heterocycles. The summed E-state index contributed by atoms with van der Waals surface area (Å²) in [4.78, 5) is 21.8. The van der Waals surface area contributed by atoms with E-state index in [1.165, 1.54) is 18.2 Å². The molecule has 0 unspecified atom stereocenters. The minimum absolute atomic E-state index is 0.139. The van der Waals surface area contributed by atoms with Crippen LogP contribution in [0.15, 0.2) is 18.2 Å². The molecule has 0 bridgehead atoms. The fraction of sp³-hybridized carbons (Fsp3) is 0.250. The van der Waals surface area contributed by atoms with Gasteiger partial charge >= 0.3 is 5.97 Å². The second kappa shape index (κ2) is 6.67. The molecule has 1 aromatic carbocycles. The summed E-state index contributed by atoms with van der Waals surface area (Å²) in [5.41, 5.74) is 0.178. The van der Waals surface area contributed by atoms with E-state index < -0.39 is 10.9 Å². The van der Waals surface area contributed by atoms with Crippen molar-refractivity contribution in [2.45, 2.75) is 6.92 Å². The van der Waals surface area contributed by atoms with Crippen LogP contribution in [0.5, 0.6) is 0 Å². The highest BCUT2D eigenvalue weighted by atomic mass is 32.1. The molecule has 1 aromatic rings. The molecule has 0 saturated carbocycles. The van der Waals surface area contributed by atoms with Crippen LogP contribution >= 0.6 is 12.6 Å². The molecule has 6 heteroatoms. The van der Waals surface area contributed by atoms with Crippen molar-refractivity contribution < 1.29 is 14.5 Å². The van der Waals surface area contributed by atoms with E-state index in [2.05, 4.69) is 24.5 Å². The predicted octanol–water partition coefficient (Wildman–Crippen LogP) is 2.05. The van der Waals surface area contributed by atoms with Crippen molar-refractivity contribution in [2.24, 2.45) is 0 Å². The van der Waals surface area contributed by atoms with E-state index in [1.54, 1.807) is 6.92 Å². The summed E-state index contributed by atoms with van der Waals surface area (Å²) in [6, 6.07) is 4.05. The first-order valence-electron chi connectivity index (χ1n) is 5.15. The summed E-state index contributed by atoms with van der Waals surface area (Å²) in [5, 5.41) is 10.9. The number of nitro groups is 1. The van der Waals surface area contributed by atoms with Gasteiger partial charge in [-0.05, 0) is 19.1 Å². The van der Waals surface area contributed by atoms with Crippen LogP contribution in [0.3, 0.4) is 0 Å². The van der Waals surface area contributed by atoms with Crippen molar-refractivity contribution in [2.75, 3.05) is 12.4 Å². The zero-order valence-corrected chi connectivity index (χ0v) is 10.6. The molecule has 1 rings (SSSR count). The second-order valence-electron chi connectivity index (χ2n) is 3.17. The largest absolute Gasteiger partial charge is 0.462 e. The Bertz CT molecular complexity index is 531. The molecule has 0 atom stereocenters. The molecule has 0 fully saturated rings. The summed E-state index contributed by atoms with van der Waals surface area (Å²) in [7, 11) is 0. The second-order valence-corrected chi connectivity index (χ2v) is 3.49. The van der Waals surface area contributed by atoms with Crippen LogP contribution in [0.25, 0.3) is 0 Å². The third kappa shape index (κ3) is 3.50. The Labute approximate surface area is 110 Å². The van der Waals surface area contributed by atoms with E-state index in [0.717, 1.165) is 0 Å². The van der Waals surface area contributed by atoms with Gasteiger partial charge < -0.3 is 4.74 Å². The monoisotopic (exact) mass is 265 g/mol. The smallest absolute Gasteiger partial charge is 0.338 e. The fourth-order valence-electron chi connectivity index (χ4n) is 1.26. The topological polar surface area (TPSA) is 69.4 Å². The van der Waals surface area contributed by atoms with Crippen molar-refractivity contribution in [3.63, 3.8) is 0 Å². The minimum atomic E-state index is -0.589. The number of esters is 1. The SMILES string of the molecule is CCOC(=O)c1ccc(C#CCS)c([N+](=O)[O-])c1. The van der Waals surface area contributed by atoms with E-state index in [9.17, 15) is 14.9 Å². The summed E-state index contributed by atoms with van der Waals surface area (Å²) in [6.45, 7) is 1.88. The summed E-state index contributed by atoms with van der Waals surface area (Å²) >= 11 is 3.90. The van der Waals surface area contributed by atoms with Gasteiger partial charge in [-0.25, -0.2) is 4.79 Å². The van der Waals surface area contributed by atoms with E-state index in [4.69, 9.17) is 4.74 Å². The quantitative estimate of drug-likeness (QED) is 0.298. The summed E-state index contributed by atoms with van der Waals surface area (Å²) in [6.07, 6.45) is 0. The predicted molar refractivity (Wildman–Crippen MR) is 69.8 cm³/mol. The zero-order chi connectivity index (χ0) is 13.5. The number of nitrogens with zero attached hydrogens (tertiary/aromatic N) is 1. The van der Waals surface area contributed by atoms with Crippen molar-refractivity contribution in [3.8, 4) is 11.8 Å². The number of carbonyl (C=O) groups excluding carboxylic acids is 1. The van der Waals surface area contributed by atoms with Crippen LogP contribution in [-0.4, -0.2) is 23.3 Å². The lowest BCUT2D eigenvalue weighted by atomic mass is 10.1. The Kier molecular flexibility index (Phi) is 5.21. The van der Waals surface area contributed by atoms with Crippen LogP contribution in [0.4, 0.5) is 5.69 Å². The van der Waals surface area contributed by atoms with Gasteiger partial charge in [0.1, 0.15) is 5.56 Å². The lowest BCUT2D eigenvalue weighted by Crippen LogP contribution is -2.05. The van der Waals surface area contributed by atoms with Gasteiger partial charge in [-0.1, -0.05) is 11.8 Å². The van der Waals surface area contributed by atoms with Crippen LogP contribution in [0, 0.1) is 22.0 Å². The Hall–Kier alpha value is -2.00. The Balaban J connectivity index is 3.19. The molecular weight excluding hydrogens is 254 g/mol. The molecule has 0 amide bonds. The molecule has 18 heavy (non-hydrogen) atoms. The Morgan fingerprint density at radius 3 is 2.83 bits per heavy atom. The van der Waals surface area contributed by atoms with E-state index >= 15 is 0 Å². The zero-order valence-electron chi connectivity index (χ0n) is 9.67. The standard InChI is InChI=1S/C12H11NO4S/c1-2-17-12(14)10-6-5-9(4-3-7-18)11(8-10)13(15)16/h5-6,8,18H,2,7H2,1H3. The van der Waals surface area contributed by atoms with Crippen LogP contribution in [0.1, 0.15) is 22.8 Å². The van der Waals surface area contributed by atoms with Crippen LogP contribution in [-0.2, 0) is 4.74 Å².